The van der Waals surface area contributed by atoms with Gasteiger partial charge in [-0.25, -0.2) is 8.42 Å². The lowest BCUT2D eigenvalue weighted by Gasteiger charge is -2.23. The highest BCUT2D eigenvalue weighted by molar-refractivity contribution is 7.92. The zero-order valence-corrected chi connectivity index (χ0v) is 16.7. The summed E-state index contributed by atoms with van der Waals surface area (Å²) in [6, 6.07) is 15.7. The molecule has 0 aliphatic heterocycles. The van der Waals surface area contributed by atoms with E-state index in [1.807, 2.05) is 33.8 Å². The highest BCUT2D eigenvalue weighted by Crippen LogP contribution is 2.26. The Morgan fingerprint density at radius 1 is 1.00 bits per heavy atom. The summed E-state index contributed by atoms with van der Waals surface area (Å²) in [5.74, 6) is 0.790. The van der Waals surface area contributed by atoms with Gasteiger partial charge in [0.2, 0.25) is 5.89 Å². The first-order valence-electron chi connectivity index (χ1n) is 8.65. The van der Waals surface area contributed by atoms with Crippen LogP contribution < -0.4 is 4.31 Å². The minimum atomic E-state index is -3.79. The first-order valence-corrected chi connectivity index (χ1v) is 10.1. The lowest BCUT2D eigenvalue weighted by atomic mass is 9.96. The molecule has 0 bridgehead atoms. The van der Waals surface area contributed by atoms with Crippen LogP contribution in [-0.4, -0.2) is 18.6 Å². The summed E-state index contributed by atoms with van der Waals surface area (Å²) in [4.78, 5) is 4.60. The molecule has 0 unspecified atom stereocenters. The normalized spacial score (nSPS) is 12.1. The number of hydrogen-bond donors (Lipinski definition) is 0. The Labute approximate surface area is 159 Å². The molecule has 3 aromatic rings. The fourth-order valence-electron chi connectivity index (χ4n) is 2.49. The van der Waals surface area contributed by atoms with Crippen molar-refractivity contribution < 1.29 is 12.9 Å². The highest BCUT2D eigenvalue weighted by atomic mass is 32.2. The molecule has 142 valence electrons. The second kappa shape index (κ2) is 7.15. The van der Waals surface area contributed by atoms with E-state index in [9.17, 15) is 8.42 Å². The van der Waals surface area contributed by atoms with E-state index in [1.165, 1.54) is 4.31 Å². The number of benzene rings is 2. The van der Waals surface area contributed by atoms with Crippen LogP contribution in [0.5, 0.6) is 0 Å². The van der Waals surface area contributed by atoms with Gasteiger partial charge < -0.3 is 4.52 Å². The van der Waals surface area contributed by atoms with Crippen molar-refractivity contribution >= 4 is 15.7 Å². The van der Waals surface area contributed by atoms with Crippen molar-refractivity contribution in [1.29, 1.82) is 0 Å². The van der Waals surface area contributed by atoms with E-state index in [4.69, 9.17) is 4.52 Å². The van der Waals surface area contributed by atoms with E-state index in [0.717, 1.165) is 5.56 Å². The number of anilines is 1. The summed E-state index contributed by atoms with van der Waals surface area (Å²) >= 11 is 0. The number of sulfonamides is 1. The molecule has 2 aromatic carbocycles. The van der Waals surface area contributed by atoms with Gasteiger partial charge in [-0.3, -0.25) is 4.31 Å². The van der Waals surface area contributed by atoms with Gasteiger partial charge in [0.25, 0.3) is 10.0 Å². The summed E-state index contributed by atoms with van der Waals surface area (Å²) in [6.45, 7) is 7.79. The predicted octanol–water partition coefficient (Wildman–Crippen LogP) is 4.07. The Hall–Kier alpha value is -2.67. The number of nitrogens with zero attached hydrogens (tertiary/aromatic N) is 3. The summed E-state index contributed by atoms with van der Waals surface area (Å²) < 4.78 is 33.2. The molecule has 1 heterocycles. The van der Waals surface area contributed by atoms with Crippen molar-refractivity contribution in [2.75, 3.05) is 4.31 Å². The number of rotatable bonds is 5. The molecule has 0 fully saturated rings. The smallest absolute Gasteiger partial charge is 0.264 e. The molecule has 0 amide bonds. The van der Waals surface area contributed by atoms with Crippen molar-refractivity contribution in [3.05, 3.63) is 71.9 Å². The average molecular weight is 385 g/mol. The van der Waals surface area contributed by atoms with Gasteiger partial charge in [-0.2, -0.15) is 4.98 Å². The van der Waals surface area contributed by atoms with Crippen molar-refractivity contribution in [3.8, 4) is 0 Å². The zero-order chi connectivity index (χ0) is 19.7. The van der Waals surface area contributed by atoms with Gasteiger partial charge in [-0.1, -0.05) is 61.8 Å². The Balaban J connectivity index is 2.02. The van der Waals surface area contributed by atoms with E-state index in [1.54, 1.807) is 48.5 Å². The van der Waals surface area contributed by atoms with Crippen molar-refractivity contribution in [1.82, 2.24) is 10.1 Å². The summed E-state index contributed by atoms with van der Waals surface area (Å²) in [6.07, 6.45) is 0. The number of hydrogen-bond acceptors (Lipinski definition) is 5. The molecule has 1 aromatic heterocycles. The molecular weight excluding hydrogens is 362 g/mol. The molecule has 0 aliphatic rings. The monoisotopic (exact) mass is 385 g/mol. The molecule has 3 rings (SSSR count). The van der Waals surface area contributed by atoms with Crippen LogP contribution in [0.4, 0.5) is 5.69 Å². The van der Waals surface area contributed by atoms with Gasteiger partial charge in [0.15, 0.2) is 5.82 Å². The maximum absolute atomic E-state index is 13.3. The molecule has 27 heavy (non-hydrogen) atoms. The Morgan fingerprint density at radius 2 is 1.63 bits per heavy atom. The number of aryl methyl sites for hydroxylation is 1. The van der Waals surface area contributed by atoms with Gasteiger partial charge in [0.05, 0.1) is 10.6 Å². The lowest BCUT2D eigenvalue weighted by Crippen LogP contribution is -2.30. The van der Waals surface area contributed by atoms with Crippen LogP contribution in [0.25, 0.3) is 0 Å². The summed E-state index contributed by atoms with van der Waals surface area (Å²) in [5.41, 5.74) is 1.25. The van der Waals surface area contributed by atoms with Crippen LogP contribution in [-0.2, 0) is 22.0 Å². The third kappa shape index (κ3) is 4.19. The number of para-hydroxylation sites is 1. The van der Waals surface area contributed by atoms with Gasteiger partial charge >= 0.3 is 0 Å². The molecule has 6 nitrogen and oxygen atoms in total. The van der Waals surface area contributed by atoms with Gasteiger partial charge in [-0.05, 0) is 31.2 Å². The van der Waals surface area contributed by atoms with E-state index in [0.29, 0.717) is 11.5 Å². The van der Waals surface area contributed by atoms with Crippen molar-refractivity contribution in [3.63, 3.8) is 0 Å². The second-order valence-electron chi connectivity index (χ2n) is 7.42. The Morgan fingerprint density at radius 3 is 2.19 bits per heavy atom. The Kier molecular flexibility index (Phi) is 5.06. The summed E-state index contributed by atoms with van der Waals surface area (Å²) in [7, 11) is -3.79. The van der Waals surface area contributed by atoms with Gasteiger partial charge in [0.1, 0.15) is 6.54 Å². The topological polar surface area (TPSA) is 76.3 Å². The SMILES string of the molecule is Cc1ccc(S(=O)(=O)N(Cc2nc(C(C)(C)C)no2)c2ccccc2)cc1. The standard InChI is InChI=1S/C20H23N3O3S/c1-15-10-12-17(13-11-15)27(24,25)23(16-8-6-5-7-9-16)14-18-21-19(22-26-18)20(2,3)4/h5-13H,14H2,1-4H3. The quantitative estimate of drug-likeness (QED) is 0.662. The highest BCUT2D eigenvalue weighted by Gasteiger charge is 2.28. The lowest BCUT2D eigenvalue weighted by molar-refractivity contribution is 0.364. The van der Waals surface area contributed by atoms with Crippen LogP contribution in [0.3, 0.4) is 0 Å². The van der Waals surface area contributed by atoms with Crippen molar-refractivity contribution in [2.24, 2.45) is 0 Å². The van der Waals surface area contributed by atoms with Gasteiger partial charge in [0, 0.05) is 5.41 Å². The zero-order valence-electron chi connectivity index (χ0n) is 15.9. The van der Waals surface area contributed by atoms with E-state index >= 15 is 0 Å². The average Bonchev–Trinajstić information content (AvgIpc) is 3.10. The maximum Gasteiger partial charge on any atom is 0.264 e. The first-order chi connectivity index (χ1) is 12.7. The van der Waals surface area contributed by atoms with Crippen LogP contribution in [0, 0.1) is 6.92 Å². The van der Waals surface area contributed by atoms with E-state index < -0.39 is 10.0 Å². The molecule has 0 atom stereocenters. The van der Waals surface area contributed by atoms with Crippen LogP contribution in [0.2, 0.25) is 0 Å². The molecule has 7 heteroatoms. The van der Waals surface area contributed by atoms with Crippen LogP contribution in [0.15, 0.2) is 64.0 Å². The van der Waals surface area contributed by atoms with Gasteiger partial charge in [-0.15, -0.1) is 0 Å². The minimum Gasteiger partial charge on any atom is -0.337 e. The largest absolute Gasteiger partial charge is 0.337 e. The first kappa shape index (κ1) is 19.1. The molecule has 0 N–H and O–H groups in total. The van der Waals surface area contributed by atoms with Crippen molar-refractivity contribution in [2.45, 2.75) is 44.6 Å². The van der Waals surface area contributed by atoms with Crippen LogP contribution in [0.1, 0.15) is 38.0 Å². The summed E-state index contributed by atoms with van der Waals surface area (Å²) in [5, 5.41) is 3.99. The minimum absolute atomic E-state index is 0.0384. The predicted molar refractivity (Wildman–Crippen MR) is 104 cm³/mol. The maximum atomic E-state index is 13.3. The van der Waals surface area contributed by atoms with Crippen LogP contribution >= 0.6 is 0 Å². The molecule has 0 radical (unpaired) electrons. The number of aromatic nitrogens is 2. The molecule has 0 saturated heterocycles. The third-order valence-electron chi connectivity index (χ3n) is 4.07. The molecular formula is C20H23N3O3S. The van der Waals surface area contributed by atoms with E-state index in [-0.39, 0.29) is 22.7 Å². The fraction of sp³-hybridized carbons (Fsp3) is 0.300. The van der Waals surface area contributed by atoms with E-state index in [2.05, 4.69) is 10.1 Å². The second-order valence-corrected chi connectivity index (χ2v) is 9.28. The molecule has 0 aliphatic carbocycles. The molecule has 0 spiro atoms. The Bertz CT molecular complexity index is 1000. The third-order valence-corrected chi connectivity index (χ3v) is 5.86. The fourth-order valence-corrected chi connectivity index (χ4v) is 3.91. The molecule has 0 saturated carbocycles.